The molecule has 0 saturated heterocycles. The van der Waals surface area contributed by atoms with Gasteiger partial charge in [0, 0.05) is 4.92 Å². The van der Waals surface area contributed by atoms with Crippen LogP contribution in [0.3, 0.4) is 0 Å². The average molecular weight is 423 g/mol. The molecule has 0 fully saturated rings. The molecule has 14 heteroatoms. The van der Waals surface area contributed by atoms with Crippen LogP contribution < -0.4 is 0 Å². The van der Waals surface area contributed by atoms with E-state index in [0.717, 1.165) is 0 Å². The molecule has 2 rings (SSSR count). The van der Waals surface area contributed by atoms with Gasteiger partial charge in [0.15, 0.2) is 52.1 Å². The van der Waals surface area contributed by atoms with Crippen molar-refractivity contribution in [2.45, 2.75) is 5.60 Å². The van der Waals surface area contributed by atoms with Gasteiger partial charge in [0.25, 0.3) is 0 Å². The molecule has 1 N–H and O–H groups in total. The van der Waals surface area contributed by atoms with Crippen LogP contribution in [0.15, 0.2) is 0 Å². The molecule has 0 amide bonds. The van der Waals surface area contributed by atoms with E-state index in [1.807, 2.05) is 0 Å². The smallest absolute Gasteiger partial charge is 0.241 e. The van der Waals surface area contributed by atoms with Crippen molar-refractivity contribution in [2.24, 2.45) is 0 Å². The van der Waals surface area contributed by atoms with E-state index in [1.54, 1.807) is 0 Å². The zero-order chi connectivity index (χ0) is 21.7. The minimum atomic E-state index is -4.48. The van der Waals surface area contributed by atoms with Crippen molar-refractivity contribution >= 4 is 0 Å². The van der Waals surface area contributed by atoms with E-state index in [2.05, 4.69) is 0 Å². The molecule has 4 nitrogen and oxygen atoms in total. The maximum Gasteiger partial charge on any atom is 0.241 e. The van der Waals surface area contributed by atoms with Gasteiger partial charge in [-0.25, -0.2) is 43.9 Å². The molecule has 0 saturated carbocycles. The highest BCUT2D eigenvalue weighted by molar-refractivity contribution is 5.41. The van der Waals surface area contributed by atoms with Crippen LogP contribution in [-0.2, 0) is 5.60 Å². The number of hydrogen-bond donors (Lipinski definition) is 1. The third-order valence-electron chi connectivity index (χ3n) is 3.60. The third kappa shape index (κ3) is 2.93. The molecule has 0 unspecified atom stereocenters. The van der Waals surface area contributed by atoms with E-state index >= 15 is 0 Å². The van der Waals surface area contributed by atoms with Gasteiger partial charge in [0.05, 0.1) is 11.1 Å². The summed E-state index contributed by atoms with van der Waals surface area (Å²) in [7, 11) is 0. The highest BCUT2D eigenvalue weighted by atomic mass is 19.2. The Balaban J connectivity index is 3.09. The third-order valence-corrected chi connectivity index (χ3v) is 3.60. The molecule has 0 aromatic heterocycles. The highest BCUT2D eigenvalue weighted by Gasteiger charge is 2.50. The zero-order valence-electron chi connectivity index (χ0n) is 12.7. The van der Waals surface area contributed by atoms with Gasteiger partial charge in [-0.3, -0.25) is 10.1 Å². The average Bonchev–Trinajstić information content (AvgIpc) is 2.61. The lowest BCUT2D eigenvalue weighted by atomic mass is 9.84. The van der Waals surface area contributed by atoms with Gasteiger partial charge in [0.1, 0.15) is 0 Å². The second-order valence-corrected chi connectivity index (χ2v) is 5.24. The largest absolute Gasteiger partial charge is 0.374 e. The number of rotatable bonds is 4. The fraction of sp³-hybridized carbons (Fsp3) is 0.143. The van der Waals surface area contributed by atoms with Gasteiger partial charge >= 0.3 is 0 Å². The molecule has 0 aliphatic heterocycles. The molecular weight excluding hydrogens is 420 g/mol. The Labute approximate surface area is 146 Å². The Morgan fingerprint density at radius 3 is 1.04 bits per heavy atom. The van der Waals surface area contributed by atoms with Crippen LogP contribution >= 0.6 is 0 Å². The van der Waals surface area contributed by atoms with Crippen LogP contribution in [0.25, 0.3) is 0 Å². The van der Waals surface area contributed by atoms with E-state index in [0.29, 0.717) is 0 Å². The van der Waals surface area contributed by atoms with Gasteiger partial charge in [-0.2, -0.15) is 0 Å². The van der Waals surface area contributed by atoms with Crippen LogP contribution in [0.1, 0.15) is 11.1 Å². The summed E-state index contributed by atoms with van der Waals surface area (Å²) in [6.07, 6.45) is 0. The Morgan fingerprint density at radius 1 is 0.607 bits per heavy atom. The van der Waals surface area contributed by atoms with Crippen molar-refractivity contribution in [3.63, 3.8) is 0 Å². The van der Waals surface area contributed by atoms with E-state index in [4.69, 9.17) is 0 Å². The highest BCUT2D eigenvalue weighted by Crippen LogP contribution is 2.40. The Kier molecular flexibility index (Phi) is 5.29. The van der Waals surface area contributed by atoms with E-state index in [9.17, 15) is 59.1 Å². The van der Waals surface area contributed by atoms with Gasteiger partial charge in [-0.05, 0) is 0 Å². The molecule has 0 aliphatic carbocycles. The number of hydrogen-bond acceptors (Lipinski definition) is 3. The molecule has 2 aromatic carbocycles. The summed E-state index contributed by atoms with van der Waals surface area (Å²) in [5.41, 5.74) is -9.64. The van der Waals surface area contributed by atoms with Crippen LogP contribution in [0.5, 0.6) is 0 Å². The normalized spacial score (nSPS) is 11.8. The standard InChI is InChI=1S/C14H3F10NO3/c15-4-2(5(16)9(20)12(23)8(4)19)14(26,1-25(27)28)3-6(17)10(21)13(24)11(22)7(3)18/h26H,1H2. The molecule has 0 heterocycles. The first-order chi connectivity index (χ1) is 12.8. The Morgan fingerprint density at radius 2 is 0.821 bits per heavy atom. The van der Waals surface area contributed by atoms with Crippen LogP contribution in [0, 0.1) is 68.3 Å². The molecule has 28 heavy (non-hydrogen) atoms. The predicted molar refractivity (Wildman–Crippen MR) is 67.3 cm³/mol. The summed E-state index contributed by atoms with van der Waals surface area (Å²) in [6.45, 7) is -2.43. The lowest BCUT2D eigenvalue weighted by Gasteiger charge is -2.27. The molecule has 2 aromatic rings. The number of benzene rings is 2. The molecule has 0 aliphatic rings. The fourth-order valence-electron chi connectivity index (χ4n) is 2.41. The van der Waals surface area contributed by atoms with Crippen LogP contribution in [0.2, 0.25) is 0 Å². The number of nitro groups is 1. The van der Waals surface area contributed by atoms with Crippen molar-refractivity contribution in [3.05, 3.63) is 79.4 Å². The molecule has 0 spiro atoms. The van der Waals surface area contributed by atoms with Crippen LogP contribution in [0.4, 0.5) is 43.9 Å². The molecular formula is C14H3F10NO3. The first-order valence-corrected chi connectivity index (χ1v) is 6.65. The molecule has 0 atom stereocenters. The molecule has 0 radical (unpaired) electrons. The number of aliphatic hydroxyl groups is 1. The van der Waals surface area contributed by atoms with E-state index in [-0.39, 0.29) is 0 Å². The summed E-state index contributed by atoms with van der Waals surface area (Å²) >= 11 is 0. The second-order valence-electron chi connectivity index (χ2n) is 5.24. The number of nitrogens with zero attached hydrogens (tertiary/aromatic N) is 1. The zero-order valence-corrected chi connectivity index (χ0v) is 12.7. The topological polar surface area (TPSA) is 63.4 Å². The van der Waals surface area contributed by atoms with Crippen LogP contribution in [-0.4, -0.2) is 16.6 Å². The quantitative estimate of drug-likeness (QED) is 0.269. The Hall–Kier alpha value is -2.90. The minimum Gasteiger partial charge on any atom is -0.374 e. The molecule has 152 valence electrons. The number of halogens is 10. The lowest BCUT2D eigenvalue weighted by molar-refractivity contribution is -0.500. The maximum absolute atomic E-state index is 14.0. The van der Waals surface area contributed by atoms with Crippen molar-refractivity contribution < 1.29 is 53.9 Å². The van der Waals surface area contributed by atoms with Crippen molar-refractivity contribution in [1.29, 1.82) is 0 Å². The first-order valence-electron chi connectivity index (χ1n) is 6.65. The van der Waals surface area contributed by atoms with Crippen molar-refractivity contribution in [1.82, 2.24) is 0 Å². The first kappa shape index (κ1) is 21.4. The summed E-state index contributed by atoms with van der Waals surface area (Å²) in [6, 6.07) is 0. The van der Waals surface area contributed by atoms with Gasteiger partial charge in [-0.1, -0.05) is 0 Å². The van der Waals surface area contributed by atoms with E-state index in [1.165, 1.54) is 0 Å². The van der Waals surface area contributed by atoms with Gasteiger partial charge < -0.3 is 5.11 Å². The minimum absolute atomic E-state index is 1.74. The summed E-state index contributed by atoms with van der Waals surface area (Å²) < 4.78 is 136. The monoisotopic (exact) mass is 423 g/mol. The second kappa shape index (κ2) is 6.92. The maximum atomic E-state index is 14.0. The summed E-state index contributed by atoms with van der Waals surface area (Å²) in [4.78, 5) is 8.97. The van der Waals surface area contributed by atoms with Crippen molar-refractivity contribution in [3.8, 4) is 0 Å². The Bertz CT molecular complexity index is 882. The van der Waals surface area contributed by atoms with Gasteiger partial charge in [0.2, 0.25) is 18.2 Å². The lowest BCUT2D eigenvalue weighted by Crippen LogP contribution is -2.41. The van der Waals surface area contributed by atoms with Gasteiger partial charge in [-0.15, -0.1) is 0 Å². The SMILES string of the molecule is O=[N+]([O-])CC(O)(c1c(F)c(F)c(F)c(F)c1F)c1c(F)c(F)c(F)c(F)c1F. The summed E-state index contributed by atoms with van der Waals surface area (Å²) in [5, 5.41) is 20.9. The van der Waals surface area contributed by atoms with E-state index < -0.39 is 86.4 Å². The van der Waals surface area contributed by atoms with Crippen molar-refractivity contribution in [2.75, 3.05) is 6.54 Å². The fourth-order valence-corrected chi connectivity index (χ4v) is 2.41. The summed E-state index contributed by atoms with van der Waals surface area (Å²) in [5.74, 6) is -28.7. The molecule has 0 bridgehead atoms. The predicted octanol–water partition coefficient (Wildman–Crippen LogP) is 3.59.